The van der Waals surface area contributed by atoms with Crippen LogP contribution in [-0.2, 0) is 11.2 Å². The summed E-state index contributed by atoms with van der Waals surface area (Å²) in [6, 6.07) is 11.6. The van der Waals surface area contributed by atoms with Crippen LogP contribution in [0, 0.1) is 13.8 Å². The normalized spacial score (nSPS) is 12.1. The smallest absolute Gasteiger partial charge is 0.311 e. The van der Waals surface area contributed by atoms with Crippen LogP contribution in [0.5, 0.6) is 0 Å². The minimum absolute atomic E-state index is 0.500. The third kappa shape index (κ3) is 3.41. The number of carboxylic acids is 1. The molecule has 2 rings (SSSR count). The summed E-state index contributed by atoms with van der Waals surface area (Å²) in [6.07, 6.45) is 2.16. The van der Waals surface area contributed by atoms with Crippen molar-refractivity contribution in [2.75, 3.05) is 0 Å². The molecular formula is C16H17NO2. The zero-order valence-electron chi connectivity index (χ0n) is 11.1. The van der Waals surface area contributed by atoms with Gasteiger partial charge in [-0.05, 0) is 43.5 Å². The fraction of sp³-hybridized carbons (Fsp3) is 0.250. The molecule has 0 amide bonds. The summed E-state index contributed by atoms with van der Waals surface area (Å²) in [5.74, 6) is -1.32. The Morgan fingerprint density at radius 3 is 2.68 bits per heavy atom. The number of nitrogens with zero attached hydrogens (tertiary/aromatic N) is 1. The van der Waals surface area contributed by atoms with Crippen molar-refractivity contribution in [3.05, 3.63) is 65.0 Å². The van der Waals surface area contributed by atoms with Gasteiger partial charge in [-0.3, -0.25) is 9.78 Å². The van der Waals surface area contributed by atoms with E-state index in [-0.39, 0.29) is 0 Å². The Labute approximate surface area is 112 Å². The molecule has 3 nitrogen and oxygen atoms in total. The van der Waals surface area contributed by atoms with Gasteiger partial charge in [0.05, 0.1) is 5.92 Å². The van der Waals surface area contributed by atoms with Crippen LogP contribution < -0.4 is 0 Å². The Morgan fingerprint density at radius 2 is 2.05 bits per heavy atom. The predicted molar refractivity (Wildman–Crippen MR) is 74.2 cm³/mol. The fourth-order valence-corrected chi connectivity index (χ4v) is 2.21. The van der Waals surface area contributed by atoms with Gasteiger partial charge in [0.2, 0.25) is 0 Å². The van der Waals surface area contributed by atoms with Crippen molar-refractivity contribution < 1.29 is 9.90 Å². The van der Waals surface area contributed by atoms with Crippen LogP contribution in [0.15, 0.2) is 42.6 Å². The maximum absolute atomic E-state index is 11.5. The Kier molecular flexibility index (Phi) is 3.95. The molecule has 0 aliphatic carbocycles. The van der Waals surface area contributed by atoms with Crippen molar-refractivity contribution in [2.24, 2.45) is 0 Å². The molecule has 1 aromatic carbocycles. The van der Waals surface area contributed by atoms with Gasteiger partial charge < -0.3 is 5.11 Å². The average molecular weight is 255 g/mol. The lowest BCUT2D eigenvalue weighted by Crippen LogP contribution is -2.14. The highest BCUT2D eigenvalue weighted by molar-refractivity contribution is 5.76. The lowest BCUT2D eigenvalue weighted by molar-refractivity contribution is -0.138. The number of hydrogen-bond donors (Lipinski definition) is 1. The van der Waals surface area contributed by atoms with Gasteiger partial charge in [-0.25, -0.2) is 0 Å². The largest absolute Gasteiger partial charge is 0.481 e. The summed E-state index contributed by atoms with van der Waals surface area (Å²) >= 11 is 0. The summed E-state index contributed by atoms with van der Waals surface area (Å²) in [6.45, 7) is 3.88. The first-order valence-electron chi connectivity index (χ1n) is 6.27. The second-order valence-electron chi connectivity index (χ2n) is 4.81. The number of aromatic nitrogens is 1. The number of aliphatic carboxylic acids is 1. The van der Waals surface area contributed by atoms with Gasteiger partial charge in [-0.15, -0.1) is 0 Å². The average Bonchev–Trinajstić information content (AvgIpc) is 2.35. The molecule has 1 N–H and O–H groups in total. The van der Waals surface area contributed by atoms with Gasteiger partial charge in [0, 0.05) is 11.9 Å². The molecule has 0 aliphatic rings. The Bertz CT molecular complexity index is 593. The van der Waals surface area contributed by atoms with E-state index in [2.05, 4.69) is 4.98 Å². The molecule has 3 heteroatoms. The van der Waals surface area contributed by atoms with Crippen LogP contribution in [-0.4, -0.2) is 16.1 Å². The van der Waals surface area contributed by atoms with Gasteiger partial charge in [-0.2, -0.15) is 0 Å². The quantitative estimate of drug-likeness (QED) is 0.913. The van der Waals surface area contributed by atoms with Gasteiger partial charge in [0.1, 0.15) is 0 Å². The van der Waals surface area contributed by atoms with E-state index in [4.69, 9.17) is 0 Å². The second-order valence-corrected chi connectivity index (χ2v) is 4.81. The third-order valence-electron chi connectivity index (χ3n) is 3.14. The fourth-order valence-electron chi connectivity index (χ4n) is 2.21. The molecule has 1 atom stereocenters. The third-order valence-corrected chi connectivity index (χ3v) is 3.14. The number of pyridine rings is 1. The van der Waals surface area contributed by atoms with E-state index in [9.17, 15) is 9.90 Å². The molecule has 0 radical (unpaired) electrons. The van der Waals surface area contributed by atoms with Crippen LogP contribution in [0.1, 0.15) is 28.3 Å². The molecule has 2 aromatic rings. The molecule has 1 aromatic heterocycles. The number of aryl methyl sites for hydroxylation is 2. The second kappa shape index (κ2) is 5.65. The molecule has 0 bridgehead atoms. The highest BCUT2D eigenvalue weighted by Gasteiger charge is 2.20. The first kappa shape index (κ1) is 13.3. The maximum atomic E-state index is 11.5. The topological polar surface area (TPSA) is 50.2 Å². The lowest BCUT2D eigenvalue weighted by atomic mass is 9.92. The van der Waals surface area contributed by atoms with Crippen molar-refractivity contribution in [1.29, 1.82) is 0 Å². The highest BCUT2D eigenvalue weighted by atomic mass is 16.4. The first-order chi connectivity index (χ1) is 9.06. The molecule has 98 valence electrons. The Morgan fingerprint density at radius 1 is 1.26 bits per heavy atom. The number of benzene rings is 1. The van der Waals surface area contributed by atoms with E-state index in [1.54, 1.807) is 12.3 Å². The van der Waals surface area contributed by atoms with Gasteiger partial charge in [0.25, 0.3) is 0 Å². The summed E-state index contributed by atoms with van der Waals surface area (Å²) in [7, 11) is 0. The van der Waals surface area contributed by atoms with Crippen molar-refractivity contribution in [2.45, 2.75) is 26.2 Å². The predicted octanol–water partition coefficient (Wildman–Crippen LogP) is 3.11. The summed E-state index contributed by atoms with van der Waals surface area (Å²) in [4.78, 5) is 15.6. The van der Waals surface area contributed by atoms with E-state index in [0.29, 0.717) is 6.42 Å². The van der Waals surface area contributed by atoms with Crippen LogP contribution in [0.25, 0.3) is 0 Å². The molecule has 0 saturated carbocycles. The standard InChI is InChI=1S/C16H17NO2/c1-11-4-3-5-13(8-11)10-15(16(18)19)14-6-7-17-12(2)9-14/h3-9,15H,10H2,1-2H3,(H,18,19). The summed E-state index contributed by atoms with van der Waals surface area (Å²) < 4.78 is 0. The highest BCUT2D eigenvalue weighted by Crippen LogP contribution is 2.22. The van der Waals surface area contributed by atoms with Gasteiger partial charge in [-0.1, -0.05) is 29.8 Å². The summed E-state index contributed by atoms with van der Waals surface area (Å²) in [5, 5.41) is 9.43. The number of carbonyl (C=O) groups is 1. The van der Waals surface area contributed by atoms with E-state index >= 15 is 0 Å². The minimum atomic E-state index is -0.799. The van der Waals surface area contributed by atoms with E-state index in [1.807, 2.05) is 44.2 Å². The van der Waals surface area contributed by atoms with E-state index in [1.165, 1.54) is 0 Å². The van der Waals surface area contributed by atoms with Crippen LogP contribution in [0.3, 0.4) is 0 Å². The summed E-state index contributed by atoms with van der Waals surface area (Å²) in [5.41, 5.74) is 3.84. The Balaban J connectivity index is 2.29. The van der Waals surface area contributed by atoms with Crippen molar-refractivity contribution in [1.82, 2.24) is 4.98 Å². The molecular weight excluding hydrogens is 238 g/mol. The lowest BCUT2D eigenvalue weighted by Gasteiger charge is -2.13. The number of rotatable bonds is 4. The van der Waals surface area contributed by atoms with Crippen molar-refractivity contribution in [3.8, 4) is 0 Å². The monoisotopic (exact) mass is 255 g/mol. The SMILES string of the molecule is Cc1cccc(CC(C(=O)O)c2ccnc(C)c2)c1. The number of carboxylic acid groups (broad SMARTS) is 1. The van der Waals surface area contributed by atoms with Crippen LogP contribution >= 0.6 is 0 Å². The molecule has 0 spiro atoms. The zero-order valence-corrected chi connectivity index (χ0v) is 11.1. The van der Waals surface area contributed by atoms with Crippen molar-refractivity contribution >= 4 is 5.97 Å². The van der Waals surface area contributed by atoms with Crippen LogP contribution in [0.2, 0.25) is 0 Å². The molecule has 1 unspecified atom stereocenters. The van der Waals surface area contributed by atoms with E-state index < -0.39 is 11.9 Å². The van der Waals surface area contributed by atoms with Crippen LogP contribution in [0.4, 0.5) is 0 Å². The Hall–Kier alpha value is -2.16. The molecule has 19 heavy (non-hydrogen) atoms. The molecule has 1 heterocycles. The molecule has 0 saturated heterocycles. The number of hydrogen-bond acceptors (Lipinski definition) is 2. The van der Waals surface area contributed by atoms with Gasteiger partial charge in [0.15, 0.2) is 0 Å². The minimum Gasteiger partial charge on any atom is -0.481 e. The zero-order chi connectivity index (χ0) is 13.8. The van der Waals surface area contributed by atoms with Gasteiger partial charge >= 0.3 is 5.97 Å². The molecule has 0 aliphatic heterocycles. The molecule has 0 fully saturated rings. The maximum Gasteiger partial charge on any atom is 0.311 e. The van der Waals surface area contributed by atoms with Crippen molar-refractivity contribution in [3.63, 3.8) is 0 Å². The van der Waals surface area contributed by atoms with E-state index in [0.717, 1.165) is 22.4 Å². The first-order valence-corrected chi connectivity index (χ1v) is 6.27.